The van der Waals surface area contributed by atoms with Gasteiger partial charge in [0, 0.05) is 30.6 Å². The molecule has 0 aromatic carbocycles. The van der Waals surface area contributed by atoms with Crippen molar-refractivity contribution in [1.82, 2.24) is 19.7 Å². The molecule has 0 bridgehead atoms. The van der Waals surface area contributed by atoms with E-state index in [1.54, 1.807) is 17.1 Å². The number of amides is 2. The zero-order valence-corrected chi connectivity index (χ0v) is 17.1. The first-order chi connectivity index (χ1) is 12.8. The van der Waals surface area contributed by atoms with E-state index >= 15 is 0 Å². The van der Waals surface area contributed by atoms with Crippen molar-refractivity contribution in [3.05, 3.63) is 36.3 Å². The molecule has 0 aliphatic carbocycles. The predicted molar refractivity (Wildman–Crippen MR) is 106 cm³/mol. The molecule has 0 saturated carbocycles. The van der Waals surface area contributed by atoms with Gasteiger partial charge in [0.2, 0.25) is 0 Å². The molecule has 1 atom stereocenters. The molecule has 1 aliphatic rings. The van der Waals surface area contributed by atoms with E-state index in [1.165, 1.54) is 0 Å². The van der Waals surface area contributed by atoms with Crippen molar-refractivity contribution in [1.29, 1.82) is 0 Å². The van der Waals surface area contributed by atoms with Crippen LogP contribution in [0.25, 0.3) is 0 Å². The van der Waals surface area contributed by atoms with Crippen molar-refractivity contribution < 1.29 is 9.00 Å². The number of carbonyl (C=O) groups excluding carboxylic acids is 1. The summed E-state index contributed by atoms with van der Waals surface area (Å²) >= 11 is 0. The smallest absolute Gasteiger partial charge is 0.321 e. The van der Waals surface area contributed by atoms with Gasteiger partial charge in [-0.1, -0.05) is 0 Å². The predicted octanol–water partition coefficient (Wildman–Crippen LogP) is 2.95. The first-order valence-electron chi connectivity index (χ1n) is 9.17. The zero-order valence-electron chi connectivity index (χ0n) is 16.3. The minimum absolute atomic E-state index is 0.107. The number of urea groups is 1. The van der Waals surface area contributed by atoms with Gasteiger partial charge in [0.1, 0.15) is 5.03 Å². The molecule has 0 spiro atoms. The van der Waals surface area contributed by atoms with Crippen LogP contribution in [0.15, 0.2) is 35.6 Å². The molecule has 1 unspecified atom stereocenters. The summed E-state index contributed by atoms with van der Waals surface area (Å²) < 4.78 is 14.4. The molecule has 2 amide bonds. The summed E-state index contributed by atoms with van der Waals surface area (Å²) in [6.45, 7) is 7.32. The van der Waals surface area contributed by atoms with Crippen LogP contribution in [0.1, 0.15) is 32.4 Å². The van der Waals surface area contributed by atoms with Crippen molar-refractivity contribution >= 4 is 22.5 Å². The lowest BCUT2D eigenvalue weighted by Gasteiger charge is -2.39. The SMILES string of the molecule is Cc1ccc(NC(=O)N2CCC(C(C)(C)S(=O)c3ccnn3C)CC2)cn1. The Morgan fingerprint density at radius 2 is 1.96 bits per heavy atom. The number of aromatic nitrogens is 3. The summed E-state index contributed by atoms with van der Waals surface area (Å²) in [5.74, 6) is 0.276. The number of nitrogens with one attached hydrogen (secondary N) is 1. The Kier molecular flexibility index (Phi) is 5.64. The van der Waals surface area contributed by atoms with Crippen LogP contribution in [0.4, 0.5) is 10.5 Å². The van der Waals surface area contributed by atoms with E-state index in [2.05, 4.69) is 29.2 Å². The van der Waals surface area contributed by atoms with E-state index in [1.807, 2.05) is 37.1 Å². The molecule has 1 N–H and O–H groups in total. The van der Waals surface area contributed by atoms with Gasteiger partial charge >= 0.3 is 6.03 Å². The molecule has 0 radical (unpaired) electrons. The summed E-state index contributed by atoms with van der Waals surface area (Å²) in [7, 11) is 0.661. The summed E-state index contributed by atoms with van der Waals surface area (Å²) in [6, 6.07) is 5.44. The first-order valence-corrected chi connectivity index (χ1v) is 10.3. The van der Waals surface area contributed by atoms with Crippen molar-refractivity contribution in [3.63, 3.8) is 0 Å². The molecule has 2 aromatic heterocycles. The van der Waals surface area contributed by atoms with E-state index in [0.717, 1.165) is 23.6 Å². The molecule has 1 fully saturated rings. The highest BCUT2D eigenvalue weighted by atomic mass is 32.2. The molecule has 3 rings (SSSR count). The number of likely N-dealkylation sites (tertiary alicyclic amines) is 1. The molecular formula is C19H27N5O2S. The lowest BCUT2D eigenvalue weighted by atomic mass is 9.86. The van der Waals surface area contributed by atoms with Crippen LogP contribution in [-0.2, 0) is 17.8 Å². The second-order valence-corrected chi connectivity index (χ2v) is 9.55. The molecule has 8 heteroatoms. The quantitative estimate of drug-likeness (QED) is 0.872. The first kappa shape index (κ1) is 19.5. The van der Waals surface area contributed by atoms with Crippen LogP contribution in [0, 0.1) is 12.8 Å². The minimum Gasteiger partial charge on any atom is -0.325 e. The van der Waals surface area contributed by atoms with E-state index in [9.17, 15) is 9.00 Å². The van der Waals surface area contributed by atoms with E-state index in [0.29, 0.717) is 18.8 Å². The molecular weight excluding hydrogens is 362 g/mol. The minimum atomic E-state index is -1.15. The van der Waals surface area contributed by atoms with Gasteiger partial charge in [-0.3, -0.25) is 13.9 Å². The van der Waals surface area contributed by atoms with Gasteiger partial charge in [-0.25, -0.2) is 4.79 Å². The highest BCUT2D eigenvalue weighted by Crippen LogP contribution is 2.35. The molecule has 146 valence electrons. The largest absolute Gasteiger partial charge is 0.325 e. The second-order valence-electron chi connectivity index (χ2n) is 7.54. The average molecular weight is 390 g/mol. The number of carbonyl (C=O) groups is 1. The summed E-state index contributed by atoms with van der Waals surface area (Å²) in [5, 5.41) is 7.77. The van der Waals surface area contributed by atoms with Gasteiger partial charge in [0.05, 0.1) is 28.9 Å². The standard InChI is InChI=1S/C19H27N5O2S/c1-14-5-6-16(13-20-14)22-18(25)24-11-8-15(9-12-24)19(2,3)27(26)17-7-10-21-23(17)4/h5-7,10,13,15H,8-9,11-12H2,1-4H3,(H,22,25). The fraction of sp³-hybridized carbons (Fsp3) is 0.526. The molecule has 3 heterocycles. The van der Waals surface area contributed by atoms with Crippen LogP contribution in [0.2, 0.25) is 0 Å². The third-order valence-corrected chi connectivity index (χ3v) is 7.44. The summed E-state index contributed by atoms with van der Waals surface area (Å²) in [4.78, 5) is 18.5. The van der Waals surface area contributed by atoms with E-state index < -0.39 is 10.8 Å². The Labute approximate surface area is 162 Å². The maximum Gasteiger partial charge on any atom is 0.321 e. The van der Waals surface area contributed by atoms with Gasteiger partial charge in [0.25, 0.3) is 0 Å². The van der Waals surface area contributed by atoms with Gasteiger partial charge in [-0.15, -0.1) is 0 Å². The molecule has 1 saturated heterocycles. The number of rotatable bonds is 4. The normalized spacial score (nSPS) is 17.0. The van der Waals surface area contributed by atoms with Crippen LogP contribution in [0.3, 0.4) is 0 Å². The van der Waals surface area contributed by atoms with Crippen LogP contribution in [-0.4, -0.2) is 47.7 Å². The third kappa shape index (κ3) is 4.21. The molecule has 27 heavy (non-hydrogen) atoms. The Hall–Kier alpha value is -2.22. The van der Waals surface area contributed by atoms with Gasteiger partial charge < -0.3 is 10.2 Å². The number of piperidine rings is 1. The molecule has 7 nitrogen and oxygen atoms in total. The second kappa shape index (κ2) is 7.80. The third-order valence-electron chi connectivity index (χ3n) is 5.37. The summed E-state index contributed by atoms with van der Waals surface area (Å²) in [5.41, 5.74) is 1.61. The van der Waals surface area contributed by atoms with Crippen LogP contribution in [0.5, 0.6) is 0 Å². The van der Waals surface area contributed by atoms with Crippen molar-refractivity contribution in [2.75, 3.05) is 18.4 Å². The Morgan fingerprint density at radius 1 is 1.26 bits per heavy atom. The van der Waals surface area contributed by atoms with E-state index in [-0.39, 0.29) is 16.7 Å². The van der Waals surface area contributed by atoms with Crippen molar-refractivity contribution in [3.8, 4) is 0 Å². The maximum absolute atomic E-state index is 13.1. The highest BCUT2D eigenvalue weighted by Gasteiger charge is 2.39. The monoisotopic (exact) mass is 389 g/mol. The Balaban J connectivity index is 1.59. The molecule has 1 aliphatic heterocycles. The lowest BCUT2D eigenvalue weighted by Crippen LogP contribution is -2.47. The molecule has 2 aromatic rings. The van der Waals surface area contributed by atoms with Gasteiger partial charge in [0.15, 0.2) is 0 Å². The Bertz CT molecular complexity index is 823. The fourth-order valence-corrected chi connectivity index (χ4v) is 5.04. The maximum atomic E-state index is 13.1. The topological polar surface area (TPSA) is 80.1 Å². The van der Waals surface area contributed by atoms with Gasteiger partial charge in [-0.05, 0) is 57.7 Å². The lowest BCUT2D eigenvalue weighted by molar-refractivity contribution is 0.172. The van der Waals surface area contributed by atoms with Crippen LogP contribution < -0.4 is 5.32 Å². The highest BCUT2D eigenvalue weighted by molar-refractivity contribution is 7.86. The fourth-order valence-electron chi connectivity index (χ4n) is 3.49. The number of pyridine rings is 1. The van der Waals surface area contributed by atoms with Crippen molar-refractivity contribution in [2.24, 2.45) is 13.0 Å². The Morgan fingerprint density at radius 3 is 2.52 bits per heavy atom. The number of hydrogen-bond donors (Lipinski definition) is 1. The van der Waals surface area contributed by atoms with Gasteiger partial charge in [-0.2, -0.15) is 5.10 Å². The zero-order chi connectivity index (χ0) is 19.6. The van der Waals surface area contributed by atoms with Crippen LogP contribution >= 0.6 is 0 Å². The summed E-state index contributed by atoms with van der Waals surface area (Å²) in [6.07, 6.45) is 5.00. The number of aryl methyl sites for hydroxylation is 2. The number of anilines is 1. The van der Waals surface area contributed by atoms with E-state index in [4.69, 9.17) is 0 Å². The van der Waals surface area contributed by atoms with Crippen molar-refractivity contribution in [2.45, 2.75) is 43.4 Å². The number of hydrogen-bond acceptors (Lipinski definition) is 4. The number of nitrogens with zero attached hydrogens (tertiary/aromatic N) is 4. The average Bonchev–Trinajstić information content (AvgIpc) is 3.08.